The van der Waals surface area contributed by atoms with Crippen molar-refractivity contribution in [2.24, 2.45) is 0 Å². The number of ketones is 1. The van der Waals surface area contributed by atoms with Crippen molar-refractivity contribution in [2.45, 2.75) is 57.2 Å². The number of hydrogen-bond acceptors (Lipinski definition) is 7. The van der Waals surface area contributed by atoms with Crippen LogP contribution in [-0.4, -0.2) is 53.1 Å². The van der Waals surface area contributed by atoms with Gasteiger partial charge in [0, 0.05) is 17.8 Å². The summed E-state index contributed by atoms with van der Waals surface area (Å²) in [5.41, 5.74) is 3.32. The third-order valence-corrected chi connectivity index (χ3v) is 6.40. The lowest BCUT2D eigenvalue weighted by atomic mass is 9.62. The molecule has 1 aliphatic carbocycles. The van der Waals surface area contributed by atoms with Gasteiger partial charge in [-0.2, -0.15) is 5.10 Å². The van der Waals surface area contributed by atoms with Gasteiger partial charge in [0.1, 0.15) is 12.0 Å². The maximum absolute atomic E-state index is 13.1. The van der Waals surface area contributed by atoms with Crippen LogP contribution in [0.4, 0.5) is 0 Å². The fraction of sp³-hybridized carbons (Fsp3) is 0.435. The van der Waals surface area contributed by atoms with Crippen molar-refractivity contribution in [1.29, 1.82) is 0 Å². The summed E-state index contributed by atoms with van der Waals surface area (Å²) in [5, 5.41) is 4.17. The highest BCUT2D eigenvalue weighted by atomic mass is 16.5. The molecule has 0 radical (unpaired) electrons. The molecule has 9 heteroatoms. The van der Waals surface area contributed by atoms with Crippen molar-refractivity contribution < 1.29 is 14.3 Å². The van der Waals surface area contributed by atoms with Gasteiger partial charge >= 0.3 is 0 Å². The Kier molecular flexibility index (Phi) is 3.98. The molecule has 3 fully saturated rings. The molecule has 0 spiro atoms. The molecule has 2 saturated heterocycles. The minimum atomic E-state index is -0.0960. The lowest BCUT2D eigenvalue weighted by Crippen LogP contribution is -2.45. The molecule has 0 N–H and O–H groups in total. The quantitative estimate of drug-likeness (QED) is 0.432. The molecule has 4 aromatic heterocycles. The maximum Gasteiger partial charge on any atom is 0.258 e. The topological polar surface area (TPSA) is 95.9 Å². The number of ether oxygens (including phenoxy) is 2. The summed E-state index contributed by atoms with van der Waals surface area (Å²) in [4.78, 5) is 26.8. The van der Waals surface area contributed by atoms with Crippen molar-refractivity contribution >= 4 is 17.1 Å². The van der Waals surface area contributed by atoms with Gasteiger partial charge in [0.05, 0.1) is 36.1 Å². The fourth-order valence-corrected chi connectivity index (χ4v) is 5.13. The number of hydrogen-bond donors (Lipinski definition) is 0. The molecule has 32 heavy (non-hydrogen) atoms. The van der Waals surface area contributed by atoms with Crippen molar-refractivity contribution in [3.05, 3.63) is 54.0 Å². The molecule has 2 aliphatic heterocycles. The van der Waals surface area contributed by atoms with Crippen LogP contribution in [0.25, 0.3) is 11.3 Å². The lowest BCUT2D eigenvalue weighted by molar-refractivity contribution is 0.0154. The lowest BCUT2D eigenvalue weighted by Gasteiger charge is -2.41. The monoisotopic (exact) mass is 432 g/mol. The third-order valence-electron chi connectivity index (χ3n) is 6.40. The first kappa shape index (κ1) is 19.4. The van der Waals surface area contributed by atoms with E-state index in [9.17, 15) is 4.79 Å². The Bertz CT molecular complexity index is 1360. The first-order valence-electron chi connectivity index (χ1n) is 10.9. The Morgan fingerprint density at radius 1 is 1.25 bits per heavy atom. The molecule has 0 atom stereocenters. The van der Waals surface area contributed by atoms with Crippen molar-refractivity contribution in [3.63, 3.8) is 0 Å². The number of fused-ring (bicyclic) bond motifs is 3. The largest absolute Gasteiger partial charge is 0.472 e. The number of carbonyl (C=O) groups excluding carboxylic acids is 1. The average molecular weight is 432 g/mol. The summed E-state index contributed by atoms with van der Waals surface area (Å²) in [7, 11) is 0. The summed E-state index contributed by atoms with van der Waals surface area (Å²) in [6.07, 6.45) is 7.34. The van der Waals surface area contributed by atoms with Crippen LogP contribution in [0.1, 0.15) is 55.5 Å². The van der Waals surface area contributed by atoms with E-state index >= 15 is 0 Å². The number of pyridine rings is 1. The van der Waals surface area contributed by atoms with E-state index in [-0.39, 0.29) is 29.3 Å². The van der Waals surface area contributed by atoms with Crippen LogP contribution >= 0.6 is 0 Å². The molecule has 7 rings (SSSR count). The summed E-state index contributed by atoms with van der Waals surface area (Å²) >= 11 is 0. The molecular formula is C23H24N6O3. The van der Waals surface area contributed by atoms with Crippen LogP contribution < -0.4 is 4.74 Å². The number of carbonyl (C=O) groups is 1. The first-order chi connectivity index (χ1) is 15.3. The van der Waals surface area contributed by atoms with E-state index in [1.807, 2.05) is 36.7 Å². The zero-order valence-electron chi connectivity index (χ0n) is 18.3. The van der Waals surface area contributed by atoms with Gasteiger partial charge in [-0.3, -0.25) is 4.79 Å². The molecule has 0 unspecified atom stereocenters. The number of rotatable bonds is 6. The Morgan fingerprint density at radius 2 is 2.09 bits per heavy atom. The van der Waals surface area contributed by atoms with E-state index < -0.39 is 0 Å². The van der Waals surface area contributed by atoms with E-state index in [2.05, 4.69) is 22.0 Å². The summed E-state index contributed by atoms with van der Waals surface area (Å²) in [6, 6.07) is 5.36. The van der Waals surface area contributed by atoms with Gasteiger partial charge in [-0.15, -0.1) is 0 Å². The van der Waals surface area contributed by atoms with Crippen LogP contribution in [0.5, 0.6) is 5.88 Å². The zero-order valence-corrected chi connectivity index (χ0v) is 18.3. The van der Waals surface area contributed by atoms with Crippen molar-refractivity contribution in [3.8, 4) is 5.88 Å². The Hall–Kier alpha value is -3.33. The molecule has 3 aliphatic rings. The second-order valence-corrected chi connectivity index (χ2v) is 9.47. The molecule has 4 aromatic rings. The number of imidazole rings is 1. The molecule has 1 saturated carbocycles. The Balaban J connectivity index is 1.38. The molecule has 0 aromatic carbocycles. The SMILES string of the molecule is CC(C)Oc1nc(CC(=O)c2cccc3ncnn23)cn2cc(C34COC(C)(C3)C4)nc12. The summed E-state index contributed by atoms with van der Waals surface area (Å²) < 4.78 is 15.4. The third kappa shape index (κ3) is 2.91. The van der Waals surface area contributed by atoms with Gasteiger partial charge in [0.15, 0.2) is 11.4 Å². The molecular weight excluding hydrogens is 408 g/mol. The van der Waals surface area contributed by atoms with Gasteiger partial charge in [-0.1, -0.05) is 6.07 Å². The van der Waals surface area contributed by atoms with Crippen LogP contribution in [0.3, 0.4) is 0 Å². The van der Waals surface area contributed by atoms with E-state index in [0.717, 1.165) is 18.5 Å². The van der Waals surface area contributed by atoms with Crippen molar-refractivity contribution in [2.75, 3.05) is 6.61 Å². The summed E-state index contributed by atoms with van der Waals surface area (Å²) in [6.45, 7) is 6.75. The highest BCUT2D eigenvalue weighted by Gasteiger charge is 2.61. The van der Waals surface area contributed by atoms with Gasteiger partial charge < -0.3 is 13.9 Å². The standard InChI is InChI=1S/C23H24N6O3/c1-14(2)32-21-20-27-18(23-10-22(3,11-23)31-12-23)9-28(20)8-15(26-21)7-17(30)16-5-4-6-19-24-13-25-29(16)19/h4-6,8-9,13-14H,7,10-12H2,1-3H3. The van der Waals surface area contributed by atoms with Crippen LogP contribution in [0, 0.1) is 0 Å². The number of Topliss-reactive ketones (excluding diaryl/α,β-unsaturated/α-hetero) is 1. The van der Waals surface area contributed by atoms with E-state index in [0.29, 0.717) is 35.2 Å². The van der Waals surface area contributed by atoms with Crippen LogP contribution in [0.15, 0.2) is 36.9 Å². The highest BCUT2D eigenvalue weighted by Crippen LogP contribution is 2.58. The minimum absolute atomic E-state index is 0.0225. The van der Waals surface area contributed by atoms with Crippen LogP contribution in [0.2, 0.25) is 0 Å². The van der Waals surface area contributed by atoms with Crippen LogP contribution in [-0.2, 0) is 16.6 Å². The maximum atomic E-state index is 13.1. The molecule has 9 nitrogen and oxygen atoms in total. The number of nitrogens with zero attached hydrogens (tertiary/aromatic N) is 6. The zero-order chi connectivity index (χ0) is 22.1. The molecule has 164 valence electrons. The van der Waals surface area contributed by atoms with E-state index in [4.69, 9.17) is 14.5 Å². The highest BCUT2D eigenvalue weighted by molar-refractivity contribution is 5.96. The van der Waals surface area contributed by atoms with Gasteiger partial charge in [0.25, 0.3) is 5.88 Å². The normalized spacial score (nSPS) is 24.4. The van der Waals surface area contributed by atoms with Crippen molar-refractivity contribution in [1.82, 2.24) is 29.0 Å². The number of aromatic nitrogens is 6. The van der Waals surface area contributed by atoms with Gasteiger partial charge in [-0.05, 0) is 45.7 Å². The second-order valence-electron chi connectivity index (χ2n) is 9.47. The molecule has 0 amide bonds. The smallest absolute Gasteiger partial charge is 0.258 e. The summed E-state index contributed by atoms with van der Waals surface area (Å²) in [5.74, 6) is 0.342. The fourth-order valence-electron chi connectivity index (χ4n) is 5.13. The van der Waals surface area contributed by atoms with E-state index in [1.54, 1.807) is 16.6 Å². The van der Waals surface area contributed by atoms with Gasteiger partial charge in [0.2, 0.25) is 5.65 Å². The molecule has 2 bridgehead atoms. The Labute approximate surface area is 184 Å². The molecule has 6 heterocycles. The predicted molar refractivity (Wildman–Crippen MR) is 115 cm³/mol. The Morgan fingerprint density at radius 3 is 2.84 bits per heavy atom. The van der Waals surface area contributed by atoms with E-state index in [1.165, 1.54) is 6.33 Å². The predicted octanol–water partition coefficient (Wildman–Crippen LogP) is 2.81. The second kappa shape index (κ2) is 6.59. The van der Waals surface area contributed by atoms with Gasteiger partial charge in [-0.25, -0.2) is 19.5 Å². The average Bonchev–Trinajstić information content (AvgIpc) is 3.47. The first-order valence-corrected chi connectivity index (χ1v) is 10.9. The minimum Gasteiger partial charge on any atom is -0.472 e.